The van der Waals surface area contributed by atoms with Crippen LogP contribution in [0.15, 0.2) is 223 Å². The second kappa shape index (κ2) is 13.9. The molecule has 2 aromatic heterocycles. The Morgan fingerprint density at radius 3 is 1.38 bits per heavy atom. The molecular weight excluding hydrogens is 840 g/mol. The van der Waals surface area contributed by atoms with E-state index in [4.69, 9.17) is 4.42 Å². The predicted molar refractivity (Wildman–Crippen MR) is 275 cm³/mol. The van der Waals surface area contributed by atoms with Crippen LogP contribution in [-0.2, 0) is 0 Å². The second-order valence-electron chi connectivity index (χ2n) is 17.0. The monoisotopic (exact) mass is 876 g/mol. The van der Waals surface area contributed by atoms with Crippen molar-refractivity contribution in [3.05, 3.63) is 218 Å². The van der Waals surface area contributed by atoms with Crippen LogP contribution in [0.4, 0.5) is 0 Å². The van der Waals surface area contributed by atoms with Crippen LogP contribution in [0.5, 0.6) is 0 Å². The summed E-state index contributed by atoms with van der Waals surface area (Å²) in [6.07, 6.45) is 0. The molecule has 2 heteroatoms. The van der Waals surface area contributed by atoms with Gasteiger partial charge in [0, 0.05) is 0 Å². The van der Waals surface area contributed by atoms with E-state index in [1.807, 2.05) is 0 Å². The fourth-order valence-corrected chi connectivity index (χ4v) is 13.4. The fourth-order valence-electron chi connectivity index (χ4n) is 10.9. The van der Waals surface area contributed by atoms with E-state index in [1.165, 1.54) is 112 Å². The molecule has 0 unspecified atom stereocenters. The van der Waals surface area contributed by atoms with Gasteiger partial charge in [-0.3, -0.25) is 0 Å². The average Bonchev–Trinajstić information content (AvgIpc) is 3.93. The molecule has 296 valence electrons. The predicted octanol–water partition coefficient (Wildman–Crippen LogP) is 17.4. The molecule has 0 bridgehead atoms. The van der Waals surface area contributed by atoms with Gasteiger partial charge in [-0.1, -0.05) is 24.3 Å². The summed E-state index contributed by atoms with van der Waals surface area (Å²) in [4.78, 5) is 0. The minimum absolute atomic E-state index is 0.125. The van der Waals surface area contributed by atoms with Crippen LogP contribution >= 0.6 is 0 Å². The minimum atomic E-state index is 0.125. The number of fused-ring (bicyclic) bond motifs is 12. The molecule has 1 nitrogen and oxygen atoms in total. The van der Waals surface area contributed by atoms with E-state index in [2.05, 4.69) is 218 Å². The quantitative estimate of drug-likeness (QED) is 0.127. The normalized spacial score (nSPS) is 12.1. The Morgan fingerprint density at radius 2 is 0.766 bits per heavy atom. The summed E-state index contributed by atoms with van der Waals surface area (Å²) < 4.78 is 9.46. The molecule has 0 aliphatic heterocycles. The Labute approximate surface area is 374 Å². The third-order valence-corrected chi connectivity index (χ3v) is 16.2. The van der Waals surface area contributed by atoms with Crippen LogP contribution in [0.1, 0.15) is 0 Å². The molecule has 14 rings (SSSR count). The number of hydrogen-bond acceptors (Lipinski definition) is 1. The van der Waals surface area contributed by atoms with Crippen LogP contribution < -0.4 is 0 Å². The fraction of sp³-hybridized carbons (Fsp3) is 0. The molecule has 0 atom stereocenters. The Kier molecular flexibility index (Phi) is 7.77. The Balaban J connectivity index is 0.985. The summed E-state index contributed by atoms with van der Waals surface area (Å²) in [7, 11) is 0. The molecule has 0 radical (unpaired) electrons. The molecule has 12 aromatic carbocycles. The van der Waals surface area contributed by atoms with E-state index in [9.17, 15) is 0 Å². The van der Waals surface area contributed by atoms with E-state index < -0.39 is 0 Å². The number of furan rings is 1. The topological polar surface area (TPSA) is 13.1 Å². The first-order valence-corrected chi connectivity index (χ1v) is 23.7. The van der Waals surface area contributed by atoms with Gasteiger partial charge >= 0.3 is 347 Å². The number of rotatable bonds is 4. The molecule has 0 amide bonds. The zero-order chi connectivity index (χ0) is 41.9. The van der Waals surface area contributed by atoms with Gasteiger partial charge < -0.3 is 0 Å². The summed E-state index contributed by atoms with van der Waals surface area (Å²) >= 11 is 0.125. The maximum atomic E-state index is 6.57. The molecule has 64 heavy (non-hydrogen) atoms. The molecule has 0 saturated carbocycles. The van der Waals surface area contributed by atoms with E-state index in [0.29, 0.717) is 0 Å². The van der Waals surface area contributed by atoms with E-state index in [1.54, 1.807) is 0 Å². The first kappa shape index (κ1) is 35.8. The summed E-state index contributed by atoms with van der Waals surface area (Å²) in [6, 6.07) is 80.9. The van der Waals surface area contributed by atoms with Gasteiger partial charge in [0.15, 0.2) is 0 Å². The molecule has 14 aromatic rings. The van der Waals surface area contributed by atoms with Gasteiger partial charge in [-0.25, -0.2) is 0 Å². The first-order chi connectivity index (χ1) is 31.8. The van der Waals surface area contributed by atoms with Crippen molar-refractivity contribution in [1.82, 2.24) is 0 Å². The first-order valence-electron chi connectivity index (χ1n) is 22.0. The SMILES string of the molecule is c1ccc(-c2c3ccccc3c(-c3ccc4[se]c5c(-c6c7ccccc7c(-c7ccc8oc9c%10ccccc%10ccc9c8c7)c7ccccc67)cccc5c4c3)c3ccccc23)cc1. The summed E-state index contributed by atoms with van der Waals surface area (Å²) in [5.41, 5.74) is 12.1. The van der Waals surface area contributed by atoms with E-state index in [-0.39, 0.29) is 14.5 Å². The van der Waals surface area contributed by atoms with E-state index in [0.717, 1.165) is 27.3 Å². The molecule has 0 N–H and O–H groups in total. The molecule has 0 saturated heterocycles. The standard InChI is InChI=1S/C62H36OSe/c1-2-16-38(17-3-1)57-42-19-6-8-21-44(42)59(45-22-9-7-20-43(45)57)40-31-34-56-54(36-40)51-27-14-28-52(62(51)64-56)60-48-25-12-10-23-46(48)58(47-24-11-13-26-49(47)60)39-30-33-55-53(35-39)50-32-29-37-15-4-5-18-41(37)61(50)63-55/h1-36H. The van der Waals surface area contributed by atoms with Crippen LogP contribution in [0.3, 0.4) is 0 Å². The molecule has 0 aliphatic carbocycles. The molecule has 0 spiro atoms. The summed E-state index contributed by atoms with van der Waals surface area (Å²) in [5, 5.41) is 17.5. The Hall–Kier alpha value is -7.74. The van der Waals surface area contributed by atoms with Crippen molar-refractivity contribution in [2.75, 3.05) is 0 Å². The second-order valence-corrected chi connectivity index (χ2v) is 19.2. The molecular formula is C62H36OSe. The Bertz CT molecular complexity index is 4130. The summed E-state index contributed by atoms with van der Waals surface area (Å²) in [5.74, 6) is 0. The van der Waals surface area contributed by atoms with Crippen molar-refractivity contribution in [3.63, 3.8) is 0 Å². The average molecular weight is 876 g/mol. The third kappa shape index (κ3) is 5.19. The van der Waals surface area contributed by atoms with E-state index >= 15 is 0 Å². The van der Waals surface area contributed by atoms with Gasteiger partial charge in [0.2, 0.25) is 0 Å². The van der Waals surface area contributed by atoms with Crippen molar-refractivity contribution < 1.29 is 4.42 Å². The zero-order valence-electron chi connectivity index (χ0n) is 34.6. The maximum absolute atomic E-state index is 6.57. The number of benzene rings is 12. The van der Waals surface area contributed by atoms with Crippen LogP contribution in [0, 0.1) is 0 Å². The number of hydrogen-bond donors (Lipinski definition) is 0. The van der Waals surface area contributed by atoms with Gasteiger partial charge in [0.1, 0.15) is 0 Å². The van der Waals surface area contributed by atoms with Gasteiger partial charge in [0.05, 0.1) is 0 Å². The zero-order valence-corrected chi connectivity index (χ0v) is 36.3. The molecule has 0 fully saturated rings. The van der Waals surface area contributed by atoms with Crippen LogP contribution in [0.2, 0.25) is 0 Å². The van der Waals surface area contributed by atoms with Gasteiger partial charge in [-0.05, 0) is 5.39 Å². The summed E-state index contributed by atoms with van der Waals surface area (Å²) in [6.45, 7) is 0. The van der Waals surface area contributed by atoms with Gasteiger partial charge in [0.25, 0.3) is 0 Å². The van der Waals surface area contributed by atoms with Crippen LogP contribution in [0.25, 0.3) is 140 Å². The third-order valence-electron chi connectivity index (χ3n) is 13.6. The van der Waals surface area contributed by atoms with Gasteiger partial charge in [-0.15, -0.1) is 0 Å². The Morgan fingerprint density at radius 1 is 0.281 bits per heavy atom. The van der Waals surface area contributed by atoms with Crippen molar-refractivity contribution in [2.24, 2.45) is 0 Å². The van der Waals surface area contributed by atoms with Gasteiger partial charge in [-0.2, -0.15) is 0 Å². The van der Waals surface area contributed by atoms with Crippen molar-refractivity contribution in [1.29, 1.82) is 0 Å². The molecule has 0 aliphatic rings. The van der Waals surface area contributed by atoms with Crippen molar-refractivity contribution >= 4 is 110 Å². The van der Waals surface area contributed by atoms with Crippen molar-refractivity contribution in [2.45, 2.75) is 0 Å². The molecule has 2 heterocycles. The van der Waals surface area contributed by atoms with Crippen LogP contribution in [-0.4, -0.2) is 14.5 Å². The van der Waals surface area contributed by atoms with Crippen molar-refractivity contribution in [3.8, 4) is 44.5 Å².